The first-order valence-corrected chi connectivity index (χ1v) is 6.89. The lowest BCUT2D eigenvalue weighted by Gasteiger charge is -2.23. The molecule has 2 heterocycles. The second kappa shape index (κ2) is 4.81. The molecule has 5 nitrogen and oxygen atoms in total. The predicted molar refractivity (Wildman–Crippen MR) is 72.9 cm³/mol. The molecule has 0 aromatic heterocycles. The van der Waals surface area contributed by atoms with Crippen molar-refractivity contribution in [2.45, 2.75) is 20.0 Å². The molecule has 2 aliphatic rings. The number of carbonyl (C=O) groups excluding carboxylic acids is 1. The number of benzene rings is 1. The summed E-state index contributed by atoms with van der Waals surface area (Å²) in [6, 6.07) is 7.98. The molecule has 1 saturated heterocycles. The predicted octanol–water partition coefficient (Wildman–Crippen LogP) is 1.77. The highest BCUT2D eigenvalue weighted by atomic mass is 16.4. The van der Waals surface area contributed by atoms with Crippen LogP contribution in [0.2, 0.25) is 0 Å². The minimum Gasteiger partial charge on any atom is -0.481 e. The Morgan fingerprint density at radius 3 is 2.20 bits per heavy atom. The number of carbonyl (C=O) groups is 2. The molecule has 20 heavy (non-hydrogen) atoms. The van der Waals surface area contributed by atoms with Gasteiger partial charge >= 0.3 is 12.0 Å². The van der Waals surface area contributed by atoms with Crippen LogP contribution in [0.25, 0.3) is 0 Å². The van der Waals surface area contributed by atoms with Gasteiger partial charge in [-0.25, -0.2) is 4.79 Å². The Bertz CT molecular complexity index is 533. The van der Waals surface area contributed by atoms with E-state index in [1.807, 2.05) is 31.2 Å². The van der Waals surface area contributed by atoms with Crippen molar-refractivity contribution >= 4 is 12.0 Å². The normalized spacial score (nSPS) is 24.9. The van der Waals surface area contributed by atoms with Crippen molar-refractivity contribution in [2.24, 2.45) is 11.8 Å². The molecule has 3 rings (SSSR count). The Balaban J connectivity index is 1.69. The monoisotopic (exact) mass is 274 g/mol. The summed E-state index contributed by atoms with van der Waals surface area (Å²) in [4.78, 5) is 27.1. The highest BCUT2D eigenvalue weighted by Gasteiger charge is 2.39. The van der Waals surface area contributed by atoms with E-state index < -0.39 is 11.9 Å². The van der Waals surface area contributed by atoms with Crippen molar-refractivity contribution in [3.63, 3.8) is 0 Å². The van der Waals surface area contributed by atoms with Crippen LogP contribution in [0.5, 0.6) is 0 Å². The molecule has 0 aliphatic carbocycles. The standard InChI is InChI=1S/C15H18N2O3/c1-10-6-16(9-13(10)14(18)19)15(20)17-7-11-4-2-3-5-12(11)8-17/h2-5,10,13H,6-9H2,1H3,(H,18,19). The van der Waals surface area contributed by atoms with E-state index in [9.17, 15) is 9.59 Å². The van der Waals surface area contributed by atoms with Crippen LogP contribution in [0.1, 0.15) is 18.1 Å². The summed E-state index contributed by atoms with van der Waals surface area (Å²) in [5, 5.41) is 9.14. The van der Waals surface area contributed by atoms with Crippen molar-refractivity contribution in [3.8, 4) is 0 Å². The van der Waals surface area contributed by atoms with Crippen LogP contribution in [-0.2, 0) is 17.9 Å². The van der Waals surface area contributed by atoms with Gasteiger partial charge in [-0.3, -0.25) is 4.79 Å². The van der Waals surface area contributed by atoms with Crippen LogP contribution >= 0.6 is 0 Å². The number of carboxylic acids is 1. The third-order valence-corrected chi connectivity index (χ3v) is 4.31. The molecule has 1 N–H and O–H groups in total. The minimum absolute atomic E-state index is 0.0152. The Morgan fingerprint density at radius 2 is 1.70 bits per heavy atom. The zero-order chi connectivity index (χ0) is 14.3. The molecule has 1 aromatic carbocycles. The largest absolute Gasteiger partial charge is 0.481 e. The fraction of sp³-hybridized carbons (Fsp3) is 0.467. The van der Waals surface area contributed by atoms with Gasteiger partial charge in [-0.05, 0) is 17.0 Å². The second-order valence-corrected chi connectivity index (χ2v) is 5.73. The molecule has 0 saturated carbocycles. The van der Waals surface area contributed by atoms with E-state index in [2.05, 4.69) is 0 Å². The van der Waals surface area contributed by atoms with E-state index in [1.54, 1.807) is 9.80 Å². The highest BCUT2D eigenvalue weighted by molar-refractivity contribution is 5.78. The molecule has 2 atom stereocenters. The van der Waals surface area contributed by atoms with Gasteiger partial charge in [-0.15, -0.1) is 0 Å². The molecular weight excluding hydrogens is 256 g/mol. The van der Waals surface area contributed by atoms with E-state index in [0.29, 0.717) is 26.2 Å². The van der Waals surface area contributed by atoms with Gasteiger partial charge in [-0.1, -0.05) is 31.2 Å². The van der Waals surface area contributed by atoms with Crippen LogP contribution in [-0.4, -0.2) is 40.0 Å². The number of aliphatic carboxylic acids is 1. The summed E-state index contributed by atoms with van der Waals surface area (Å²) < 4.78 is 0. The molecule has 2 amide bonds. The first kappa shape index (κ1) is 13.0. The van der Waals surface area contributed by atoms with Crippen molar-refractivity contribution in [3.05, 3.63) is 35.4 Å². The van der Waals surface area contributed by atoms with Gasteiger partial charge in [0, 0.05) is 26.2 Å². The molecule has 0 radical (unpaired) electrons. The van der Waals surface area contributed by atoms with Crippen LogP contribution in [0.4, 0.5) is 4.79 Å². The molecule has 0 bridgehead atoms. The first-order valence-electron chi connectivity index (χ1n) is 6.89. The number of carboxylic acid groups (broad SMARTS) is 1. The number of hydrogen-bond donors (Lipinski definition) is 1. The first-order chi connectivity index (χ1) is 9.56. The van der Waals surface area contributed by atoms with Crippen LogP contribution in [0, 0.1) is 11.8 Å². The van der Waals surface area contributed by atoms with Crippen molar-refractivity contribution in [2.75, 3.05) is 13.1 Å². The van der Waals surface area contributed by atoms with Gasteiger partial charge in [-0.2, -0.15) is 0 Å². The number of likely N-dealkylation sites (tertiary alicyclic amines) is 1. The summed E-state index contributed by atoms with van der Waals surface area (Å²) in [6.45, 7) is 3.99. The third-order valence-electron chi connectivity index (χ3n) is 4.31. The SMILES string of the molecule is CC1CN(C(=O)N2Cc3ccccc3C2)CC1C(=O)O. The zero-order valence-corrected chi connectivity index (χ0v) is 11.5. The average molecular weight is 274 g/mol. The Labute approximate surface area is 117 Å². The smallest absolute Gasteiger partial charge is 0.320 e. The average Bonchev–Trinajstić information content (AvgIpc) is 3.01. The lowest BCUT2D eigenvalue weighted by molar-refractivity contribution is -0.142. The molecule has 5 heteroatoms. The lowest BCUT2D eigenvalue weighted by Crippen LogP contribution is -2.39. The quantitative estimate of drug-likeness (QED) is 0.849. The number of fused-ring (bicyclic) bond motifs is 1. The molecule has 0 spiro atoms. The van der Waals surface area contributed by atoms with Gasteiger partial charge in [0.2, 0.25) is 0 Å². The number of urea groups is 1. The van der Waals surface area contributed by atoms with E-state index in [1.165, 1.54) is 11.1 Å². The van der Waals surface area contributed by atoms with E-state index in [-0.39, 0.29) is 11.9 Å². The van der Waals surface area contributed by atoms with Crippen LogP contribution < -0.4 is 0 Å². The Hall–Kier alpha value is -2.04. The summed E-state index contributed by atoms with van der Waals surface area (Å²) in [5.74, 6) is -1.23. The molecule has 2 aliphatic heterocycles. The topological polar surface area (TPSA) is 60.9 Å². The Kier molecular flexibility index (Phi) is 3.12. The fourth-order valence-corrected chi connectivity index (χ4v) is 3.11. The van der Waals surface area contributed by atoms with Gasteiger partial charge in [0.1, 0.15) is 0 Å². The molecule has 1 aromatic rings. The molecule has 2 unspecified atom stereocenters. The molecule has 1 fully saturated rings. The third kappa shape index (κ3) is 2.13. The number of rotatable bonds is 1. The summed E-state index contributed by atoms with van der Waals surface area (Å²) in [6.07, 6.45) is 0. The van der Waals surface area contributed by atoms with Crippen molar-refractivity contribution in [1.29, 1.82) is 0 Å². The van der Waals surface area contributed by atoms with E-state index in [4.69, 9.17) is 5.11 Å². The molecular formula is C15H18N2O3. The minimum atomic E-state index is -0.808. The van der Waals surface area contributed by atoms with Crippen molar-refractivity contribution < 1.29 is 14.7 Å². The summed E-state index contributed by atoms with van der Waals surface area (Å²) in [5.41, 5.74) is 2.37. The van der Waals surface area contributed by atoms with Gasteiger partial charge < -0.3 is 14.9 Å². The maximum absolute atomic E-state index is 12.5. The Morgan fingerprint density at radius 1 is 1.10 bits per heavy atom. The highest BCUT2D eigenvalue weighted by Crippen LogP contribution is 2.28. The van der Waals surface area contributed by atoms with E-state index >= 15 is 0 Å². The van der Waals surface area contributed by atoms with Gasteiger partial charge in [0.05, 0.1) is 5.92 Å². The maximum Gasteiger partial charge on any atom is 0.320 e. The van der Waals surface area contributed by atoms with Crippen LogP contribution in [0.15, 0.2) is 24.3 Å². The number of nitrogens with zero attached hydrogens (tertiary/aromatic N) is 2. The summed E-state index contributed by atoms with van der Waals surface area (Å²) >= 11 is 0. The zero-order valence-electron chi connectivity index (χ0n) is 11.5. The lowest BCUT2D eigenvalue weighted by atomic mass is 9.99. The summed E-state index contributed by atoms with van der Waals surface area (Å²) in [7, 11) is 0. The number of amides is 2. The number of hydrogen-bond acceptors (Lipinski definition) is 2. The fourth-order valence-electron chi connectivity index (χ4n) is 3.11. The van der Waals surface area contributed by atoms with Gasteiger partial charge in [0.25, 0.3) is 0 Å². The van der Waals surface area contributed by atoms with Crippen molar-refractivity contribution in [1.82, 2.24) is 9.80 Å². The van der Waals surface area contributed by atoms with E-state index in [0.717, 1.165) is 0 Å². The van der Waals surface area contributed by atoms with Gasteiger partial charge in [0.15, 0.2) is 0 Å². The maximum atomic E-state index is 12.5. The van der Waals surface area contributed by atoms with Crippen LogP contribution in [0.3, 0.4) is 0 Å². The second-order valence-electron chi connectivity index (χ2n) is 5.73. The molecule has 106 valence electrons.